The summed E-state index contributed by atoms with van der Waals surface area (Å²) in [5.74, 6) is 2.40. The van der Waals surface area contributed by atoms with Crippen LogP contribution in [0.2, 0.25) is 5.02 Å². The fraction of sp³-hybridized carbons (Fsp3) is 0.500. The number of hydrogen-bond acceptors (Lipinski definition) is 2. The van der Waals surface area contributed by atoms with Crippen molar-refractivity contribution in [2.75, 3.05) is 0 Å². The van der Waals surface area contributed by atoms with Gasteiger partial charge in [0.1, 0.15) is 17.9 Å². The molecule has 1 aromatic carbocycles. The van der Waals surface area contributed by atoms with Crippen molar-refractivity contribution >= 4 is 11.6 Å². The maximum absolute atomic E-state index is 8.80. The van der Waals surface area contributed by atoms with Gasteiger partial charge in [0.2, 0.25) is 0 Å². The molecule has 2 nitrogen and oxygen atoms in total. The summed E-state index contributed by atoms with van der Waals surface area (Å²) in [7, 11) is 0. The minimum Gasteiger partial charge on any atom is -0.490 e. The van der Waals surface area contributed by atoms with Crippen molar-refractivity contribution in [2.24, 2.45) is 11.8 Å². The molecule has 88 valence electrons. The third-order valence-corrected chi connectivity index (χ3v) is 4.33. The van der Waals surface area contributed by atoms with Gasteiger partial charge in [-0.1, -0.05) is 11.6 Å². The fourth-order valence-electron chi connectivity index (χ4n) is 3.17. The number of benzene rings is 1. The van der Waals surface area contributed by atoms with Gasteiger partial charge in [-0.05, 0) is 49.7 Å². The number of nitriles is 1. The van der Waals surface area contributed by atoms with E-state index in [1.54, 1.807) is 12.1 Å². The van der Waals surface area contributed by atoms with E-state index in [1.807, 2.05) is 6.07 Å². The Morgan fingerprint density at radius 3 is 2.76 bits per heavy atom. The molecule has 2 fully saturated rings. The molecule has 17 heavy (non-hydrogen) atoms. The van der Waals surface area contributed by atoms with Crippen LogP contribution in [0.25, 0.3) is 0 Å². The van der Waals surface area contributed by atoms with Crippen LogP contribution in [0.1, 0.15) is 31.2 Å². The molecule has 0 N–H and O–H groups in total. The molecule has 1 aromatic rings. The summed E-state index contributed by atoms with van der Waals surface area (Å²) < 4.78 is 6.00. The van der Waals surface area contributed by atoms with Gasteiger partial charge in [0.25, 0.3) is 0 Å². The Morgan fingerprint density at radius 1 is 1.29 bits per heavy atom. The largest absolute Gasteiger partial charge is 0.490 e. The maximum atomic E-state index is 8.80. The highest BCUT2D eigenvalue weighted by Gasteiger charge is 2.40. The summed E-state index contributed by atoms with van der Waals surface area (Å²) >= 11 is 5.99. The zero-order valence-corrected chi connectivity index (χ0v) is 10.3. The zero-order valence-electron chi connectivity index (χ0n) is 9.53. The lowest BCUT2D eigenvalue weighted by Gasteiger charge is -2.23. The van der Waals surface area contributed by atoms with Crippen LogP contribution in [0.4, 0.5) is 0 Å². The Bertz CT molecular complexity index is 480. The lowest BCUT2D eigenvalue weighted by molar-refractivity contribution is 0.138. The third-order valence-electron chi connectivity index (χ3n) is 4.02. The number of fused-ring (bicyclic) bond motifs is 2. The number of nitrogens with zero attached hydrogens (tertiary/aromatic N) is 1. The van der Waals surface area contributed by atoms with Crippen molar-refractivity contribution in [1.82, 2.24) is 0 Å². The van der Waals surface area contributed by atoms with Crippen LogP contribution in [0.15, 0.2) is 18.2 Å². The summed E-state index contributed by atoms with van der Waals surface area (Å²) in [5, 5.41) is 9.28. The second kappa shape index (κ2) is 4.23. The van der Waals surface area contributed by atoms with E-state index in [-0.39, 0.29) is 0 Å². The molecule has 0 heterocycles. The standard InChI is InChI=1S/C14H14ClNO/c15-13-7-12(4-3-11(13)8-16)17-14-6-9-1-2-10(14)5-9/h3-4,7,9-10,14H,1-2,5-6H2/t9?,10-,14-/m1/s1. The number of ether oxygens (including phenoxy) is 1. The molecule has 2 saturated carbocycles. The van der Waals surface area contributed by atoms with E-state index in [0.29, 0.717) is 16.7 Å². The molecule has 0 saturated heterocycles. The molecular formula is C14H14ClNO. The number of hydrogen-bond donors (Lipinski definition) is 0. The van der Waals surface area contributed by atoms with Crippen molar-refractivity contribution in [2.45, 2.75) is 31.8 Å². The Labute approximate surface area is 106 Å². The molecule has 0 spiro atoms. The molecule has 2 aliphatic rings. The van der Waals surface area contributed by atoms with Crippen LogP contribution in [0.3, 0.4) is 0 Å². The first-order valence-electron chi connectivity index (χ1n) is 6.12. The average Bonchev–Trinajstić information content (AvgIpc) is 2.91. The molecule has 2 aliphatic carbocycles. The smallest absolute Gasteiger partial charge is 0.121 e. The Balaban J connectivity index is 1.74. The topological polar surface area (TPSA) is 33.0 Å². The molecule has 3 heteroatoms. The van der Waals surface area contributed by atoms with Crippen LogP contribution in [-0.2, 0) is 0 Å². The van der Waals surface area contributed by atoms with Crippen LogP contribution >= 0.6 is 11.6 Å². The predicted molar refractivity (Wildman–Crippen MR) is 66.0 cm³/mol. The third kappa shape index (κ3) is 2.00. The molecular weight excluding hydrogens is 234 g/mol. The SMILES string of the molecule is N#Cc1ccc(O[C@@H]2CC3CC[C@@H]2C3)cc1Cl. The highest BCUT2D eigenvalue weighted by Crippen LogP contribution is 2.46. The Hall–Kier alpha value is -1.20. The molecule has 0 aromatic heterocycles. The van der Waals surface area contributed by atoms with E-state index in [9.17, 15) is 0 Å². The van der Waals surface area contributed by atoms with Crippen molar-refractivity contribution in [1.29, 1.82) is 5.26 Å². The van der Waals surface area contributed by atoms with E-state index in [4.69, 9.17) is 21.6 Å². The first-order chi connectivity index (χ1) is 8.26. The summed E-state index contributed by atoms with van der Waals surface area (Å²) in [5.41, 5.74) is 0.506. The normalized spacial score (nSPS) is 30.2. The first-order valence-corrected chi connectivity index (χ1v) is 6.50. The Morgan fingerprint density at radius 2 is 2.18 bits per heavy atom. The Kier molecular flexibility index (Phi) is 2.72. The molecule has 0 aliphatic heterocycles. The van der Waals surface area contributed by atoms with Gasteiger partial charge in [-0.25, -0.2) is 0 Å². The molecule has 0 amide bonds. The fourth-order valence-corrected chi connectivity index (χ4v) is 3.38. The van der Waals surface area contributed by atoms with Gasteiger partial charge in [0.05, 0.1) is 10.6 Å². The monoisotopic (exact) mass is 247 g/mol. The van der Waals surface area contributed by atoms with Crippen LogP contribution in [0.5, 0.6) is 5.75 Å². The first kappa shape index (κ1) is 10.9. The minimum absolute atomic E-state index is 0.359. The molecule has 1 unspecified atom stereocenters. The van der Waals surface area contributed by atoms with Crippen molar-refractivity contribution < 1.29 is 4.74 Å². The molecule has 0 radical (unpaired) electrons. The molecule has 2 bridgehead atoms. The van der Waals surface area contributed by atoms with E-state index < -0.39 is 0 Å². The quantitative estimate of drug-likeness (QED) is 0.797. The van der Waals surface area contributed by atoms with Gasteiger partial charge in [0.15, 0.2) is 0 Å². The van der Waals surface area contributed by atoms with Gasteiger partial charge in [-0.3, -0.25) is 0 Å². The van der Waals surface area contributed by atoms with Gasteiger partial charge < -0.3 is 4.74 Å². The second-order valence-corrected chi connectivity index (χ2v) is 5.49. The van der Waals surface area contributed by atoms with E-state index >= 15 is 0 Å². The number of halogens is 1. The molecule has 3 atom stereocenters. The van der Waals surface area contributed by atoms with E-state index in [2.05, 4.69) is 6.07 Å². The lowest BCUT2D eigenvalue weighted by atomic mass is 9.98. The van der Waals surface area contributed by atoms with Gasteiger partial charge >= 0.3 is 0 Å². The summed E-state index contributed by atoms with van der Waals surface area (Å²) in [6, 6.07) is 7.38. The average molecular weight is 248 g/mol. The number of rotatable bonds is 2. The summed E-state index contributed by atoms with van der Waals surface area (Å²) in [6.45, 7) is 0. The highest BCUT2D eigenvalue weighted by molar-refractivity contribution is 6.31. The van der Waals surface area contributed by atoms with Gasteiger partial charge in [-0.2, -0.15) is 5.26 Å². The highest BCUT2D eigenvalue weighted by atomic mass is 35.5. The van der Waals surface area contributed by atoms with Crippen molar-refractivity contribution in [3.63, 3.8) is 0 Å². The maximum Gasteiger partial charge on any atom is 0.121 e. The van der Waals surface area contributed by atoms with Gasteiger partial charge in [-0.15, -0.1) is 0 Å². The van der Waals surface area contributed by atoms with Gasteiger partial charge in [0, 0.05) is 6.07 Å². The van der Waals surface area contributed by atoms with E-state index in [0.717, 1.165) is 17.6 Å². The lowest BCUT2D eigenvalue weighted by Crippen LogP contribution is -2.23. The summed E-state index contributed by atoms with van der Waals surface area (Å²) in [4.78, 5) is 0. The summed E-state index contributed by atoms with van der Waals surface area (Å²) in [6.07, 6.45) is 5.55. The minimum atomic E-state index is 0.359. The molecule has 3 rings (SSSR count). The van der Waals surface area contributed by atoms with Crippen LogP contribution in [0, 0.1) is 23.2 Å². The zero-order chi connectivity index (χ0) is 11.8. The second-order valence-electron chi connectivity index (χ2n) is 5.08. The van der Waals surface area contributed by atoms with Crippen LogP contribution in [-0.4, -0.2) is 6.10 Å². The predicted octanol–water partition coefficient (Wildman–Crippen LogP) is 3.78. The van der Waals surface area contributed by atoms with Crippen molar-refractivity contribution in [3.05, 3.63) is 28.8 Å². The van der Waals surface area contributed by atoms with Crippen molar-refractivity contribution in [3.8, 4) is 11.8 Å². The van der Waals surface area contributed by atoms with E-state index in [1.165, 1.54) is 25.7 Å². The van der Waals surface area contributed by atoms with Crippen LogP contribution < -0.4 is 4.74 Å².